The summed E-state index contributed by atoms with van der Waals surface area (Å²) in [5.74, 6) is -1.61. The van der Waals surface area contributed by atoms with Crippen LogP contribution in [0, 0.1) is 24.2 Å². The smallest absolute Gasteiger partial charge is 0.306 e. The van der Waals surface area contributed by atoms with Crippen LogP contribution >= 0.6 is 0 Å². The number of nitrogens with one attached hydrogen (secondary N) is 1. The number of nitrogens with zero attached hydrogens (tertiary/aromatic N) is 2. The number of aliphatic carboxylic acids is 1. The molecular formula is C17H19N3O4. The summed E-state index contributed by atoms with van der Waals surface area (Å²) in [5.41, 5.74) is 1.16. The van der Waals surface area contributed by atoms with Crippen molar-refractivity contribution < 1.29 is 19.8 Å². The lowest BCUT2D eigenvalue weighted by molar-refractivity contribution is -0.143. The minimum atomic E-state index is -0.806. The molecule has 1 aromatic rings. The fourth-order valence-corrected chi connectivity index (χ4v) is 2.57. The van der Waals surface area contributed by atoms with Crippen molar-refractivity contribution in [2.75, 3.05) is 18.4 Å². The molecule has 0 saturated carbocycles. The maximum absolute atomic E-state index is 12.2. The summed E-state index contributed by atoms with van der Waals surface area (Å²) in [6.07, 6.45) is 2.45. The van der Waals surface area contributed by atoms with Gasteiger partial charge in [0.25, 0.3) is 5.91 Å². The van der Waals surface area contributed by atoms with E-state index in [-0.39, 0.29) is 17.2 Å². The normalized spacial score (nSPS) is 15.7. The van der Waals surface area contributed by atoms with Gasteiger partial charge in [-0.1, -0.05) is 0 Å². The number of rotatable bonds is 4. The van der Waals surface area contributed by atoms with Crippen molar-refractivity contribution in [2.24, 2.45) is 5.92 Å². The van der Waals surface area contributed by atoms with Crippen molar-refractivity contribution in [3.05, 3.63) is 35.5 Å². The topological polar surface area (TPSA) is 114 Å². The van der Waals surface area contributed by atoms with Gasteiger partial charge in [-0.05, 0) is 43.5 Å². The average molecular weight is 329 g/mol. The van der Waals surface area contributed by atoms with Crippen LogP contribution in [0.4, 0.5) is 5.69 Å². The number of carbonyl (C=O) groups excluding carboxylic acids is 1. The van der Waals surface area contributed by atoms with Gasteiger partial charge in [-0.15, -0.1) is 0 Å². The molecule has 0 unspecified atom stereocenters. The number of carboxylic acids is 1. The van der Waals surface area contributed by atoms with E-state index in [1.165, 1.54) is 18.3 Å². The quantitative estimate of drug-likeness (QED) is 0.441. The van der Waals surface area contributed by atoms with Gasteiger partial charge in [-0.3, -0.25) is 9.59 Å². The highest BCUT2D eigenvalue weighted by Crippen LogP contribution is 2.21. The van der Waals surface area contributed by atoms with Crippen LogP contribution in [-0.2, 0) is 9.59 Å². The minimum absolute atomic E-state index is 0.0451. The summed E-state index contributed by atoms with van der Waals surface area (Å²) in [6, 6.07) is 6.41. The van der Waals surface area contributed by atoms with E-state index in [0.29, 0.717) is 37.2 Å². The second-order valence-electron chi connectivity index (χ2n) is 5.76. The Labute approximate surface area is 139 Å². The number of piperidine rings is 1. The molecule has 0 atom stereocenters. The van der Waals surface area contributed by atoms with Crippen LogP contribution in [0.3, 0.4) is 0 Å². The second kappa shape index (κ2) is 7.51. The Kier molecular flexibility index (Phi) is 5.42. The fourth-order valence-electron chi connectivity index (χ4n) is 2.57. The number of benzene rings is 1. The van der Waals surface area contributed by atoms with Gasteiger partial charge < -0.3 is 20.4 Å². The number of amides is 1. The Hall–Kier alpha value is -3.01. The minimum Gasteiger partial charge on any atom is -0.508 e. The van der Waals surface area contributed by atoms with Crippen molar-refractivity contribution in [3.63, 3.8) is 0 Å². The Balaban J connectivity index is 2.04. The van der Waals surface area contributed by atoms with Crippen LogP contribution in [-0.4, -0.2) is 40.1 Å². The summed E-state index contributed by atoms with van der Waals surface area (Å²) in [6.45, 7) is 2.73. The van der Waals surface area contributed by atoms with Gasteiger partial charge in [-0.2, -0.15) is 5.26 Å². The molecule has 1 aliphatic rings. The van der Waals surface area contributed by atoms with Crippen LogP contribution in [0.2, 0.25) is 0 Å². The molecule has 1 aliphatic heterocycles. The molecule has 0 aromatic heterocycles. The van der Waals surface area contributed by atoms with Gasteiger partial charge in [0.2, 0.25) is 0 Å². The average Bonchev–Trinajstić information content (AvgIpc) is 2.55. The molecule has 1 aromatic carbocycles. The first-order valence-corrected chi connectivity index (χ1v) is 7.60. The highest BCUT2D eigenvalue weighted by Gasteiger charge is 2.24. The number of hydrogen-bond acceptors (Lipinski definition) is 5. The number of phenolic OH excluding ortho intramolecular Hbond substituents is 1. The fraction of sp³-hybridized carbons (Fsp3) is 0.353. The lowest BCUT2D eigenvalue weighted by Crippen LogP contribution is -2.33. The van der Waals surface area contributed by atoms with Gasteiger partial charge in [0.1, 0.15) is 17.4 Å². The van der Waals surface area contributed by atoms with Gasteiger partial charge in [0, 0.05) is 25.0 Å². The van der Waals surface area contributed by atoms with Crippen LogP contribution in [0.25, 0.3) is 0 Å². The van der Waals surface area contributed by atoms with Crippen molar-refractivity contribution in [2.45, 2.75) is 19.8 Å². The van der Waals surface area contributed by atoms with E-state index in [2.05, 4.69) is 5.32 Å². The number of likely N-dealkylation sites (tertiary alicyclic amines) is 1. The molecule has 1 saturated heterocycles. The lowest BCUT2D eigenvalue weighted by Gasteiger charge is -2.29. The number of anilines is 1. The van der Waals surface area contributed by atoms with Gasteiger partial charge in [0.05, 0.1) is 5.92 Å². The molecule has 7 nitrogen and oxygen atoms in total. The van der Waals surface area contributed by atoms with Gasteiger partial charge >= 0.3 is 5.97 Å². The largest absolute Gasteiger partial charge is 0.508 e. The number of carbonyl (C=O) groups is 2. The Morgan fingerprint density at radius 2 is 2.04 bits per heavy atom. The Morgan fingerprint density at radius 3 is 2.58 bits per heavy atom. The maximum atomic E-state index is 12.2. The molecule has 3 N–H and O–H groups in total. The van der Waals surface area contributed by atoms with Gasteiger partial charge in [-0.25, -0.2) is 0 Å². The first kappa shape index (κ1) is 17.3. The zero-order valence-corrected chi connectivity index (χ0v) is 13.3. The first-order valence-electron chi connectivity index (χ1n) is 7.60. The van der Waals surface area contributed by atoms with Crippen LogP contribution in [0.1, 0.15) is 18.4 Å². The summed E-state index contributed by atoms with van der Waals surface area (Å²) < 4.78 is 0. The van der Waals surface area contributed by atoms with Crippen LogP contribution < -0.4 is 5.32 Å². The molecule has 1 fully saturated rings. The number of carboxylic acid groups (broad SMARTS) is 1. The number of aromatic hydroxyl groups is 1. The van der Waals surface area contributed by atoms with Crippen molar-refractivity contribution in [1.82, 2.24) is 4.90 Å². The first-order chi connectivity index (χ1) is 11.4. The second-order valence-corrected chi connectivity index (χ2v) is 5.76. The highest BCUT2D eigenvalue weighted by molar-refractivity contribution is 6.06. The number of aryl methyl sites for hydroxylation is 1. The molecule has 126 valence electrons. The summed E-state index contributed by atoms with van der Waals surface area (Å²) >= 11 is 0. The van der Waals surface area contributed by atoms with E-state index in [1.54, 1.807) is 17.9 Å². The Morgan fingerprint density at radius 1 is 1.38 bits per heavy atom. The number of phenols is 1. The van der Waals surface area contributed by atoms with Crippen molar-refractivity contribution >= 4 is 17.6 Å². The third-order valence-corrected chi connectivity index (χ3v) is 4.01. The molecule has 0 bridgehead atoms. The zero-order valence-electron chi connectivity index (χ0n) is 13.3. The van der Waals surface area contributed by atoms with Crippen molar-refractivity contribution in [3.8, 4) is 11.8 Å². The third kappa shape index (κ3) is 4.26. The number of hydrogen-bond donors (Lipinski definition) is 3. The van der Waals surface area contributed by atoms with E-state index >= 15 is 0 Å². The van der Waals surface area contributed by atoms with E-state index < -0.39 is 11.9 Å². The van der Waals surface area contributed by atoms with Crippen LogP contribution in [0.15, 0.2) is 30.0 Å². The summed E-state index contributed by atoms with van der Waals surface area (Å²) in [5, 5.41) is 30.2. The number of nitriles is 1. The lowest BCUT2D eigenvalue weighted by atomic mass is 9.97. The van der Waals surface area contributed by atoms with Crippen molar-refractivity contribution in [1.29, 1.82) is 5.26 Å². The standard InChI is InChI=1S/C17H19N3O4/c1-11-8-14(21)2-3-15(11)19-16(22)13(9-18)10-20-6-4-12(5-7-20)17(23)24/h2-3,8,10,12,21H,4-7H2,1H3,(H,19,22)(H,23,24)/b13-10-. The third-order valence-electron chi connectivity index (χ3n) is 4.01. The van der Waals surface area contributed by atoms with E-state index in [1.807, 2.05) is 6.07 Å². The molecule has 0 radical (unpaired) electrons. The molecule has 1 amide bonds. The van der Waals surface area contributed by atoms with E-state index in [9.17, 15) is 20.0 Å². The monoisotopic (exact) mass is 329 g/mol. The zero-order chi connectivity index (χ0) is 17.7. The van der Waals surface area contributed by atoms with E-state index in [0.717, 1.165) is 0 Å². The molecule has 7 heteroatoms. The van der Waals surface area contributed by atoms with Crippen LogP contribution in [0.5, 0.6) is 5.75 Å². The molecule has 1 heterocycles. The summed E-state index contributed by atoms with van der Waals surface area (Å²) in [7, 11) is 0. The maximum Gasteiger partial charge on any atom is 0.306 e. The summed E-state index contributed by atoms with van der Waals surface area (Å²) in [4.78, 5) is 25.0. The molecule has 0 aliphatic carbocycles. The molecule has 24 heavy (non-hydrogen) atoms. The predicted octanol–water partition coefficient (Wildman–Crippen LogP) is 1.84. The van der Waals surface area contributed by atoms with Gasteiger partial charge in [0.15, 0.2) is 0 Å². The molecule has 2 rings (SSSR count). The molecule has 0 spiro atoms. The SMILES string of the molecule is Cc1cc(O)ccc1NC(=O)/C(C#N)=C\N1CCC(C(=O)O)CC1. The Bertz CT molecular complexity index is 713. The molecular weight excluding hydrogens is 310 g/mol. The van der Waals surface area contributed by atoms with E-state index in [4.69, 9.17) is 5.11 Å². The predicted molar refractivity (Wildman–Crippen MR) is 87.1 cm³/mol. The highest BCUT2D eigenvalue weighted by atomic mass is 16.4.